The Hall–Kier alpha value is -4.52. The van der Waals surface area contributed by atoms with E-state index in [1.807, 2.05) is 31.2 Å². The van der Waals surface area contributed by atoms with Gasteiger partial charge in [0.25, 0.3) is 0 Å². The molecule has 0 saturated carbocycles. The maximum absolute atomic E-state index is 13.0. The van der Waals surface area contributed by atoms with Crippen molar-refractivity contribution in [2.24, 2.45) is 0 Å². The topological polar surface area (TPSA) is 90.1 Å². The van der Waals surface area contributed by atoms with E-state index in [-0.39, 0.29) is 11.6 Å². The maximum atomic E-state index is 13.0. The Morgan fingerprint density at radius 3 is 2.44 bits per heavy atom. The van der Waals surface area contributed by atoms with Gasteiger partial charge in [-0.2, -0.15) is 5.10 Å². The number of aryl methyl sites for hydroxylation is 1. The molecule has 32 heavy (non-hydrogen) atoms. The molecule has 5 rings (SSSR count). The molecular weight excluding hydrogens is 402 g/mol. The number of aromatic nitrogens is 5. The largest absolute Gasteiger partial charge is 0.287 e. The van der Waals surface area contributed by atoms with Gasteiger partial charge >= 0.3 is 0 Å². The van der Waals surface area contributed by atoms with Crippen LogP contribution in [-0.4, -0.2) is 36.1 Å². The third kappa shape index (κ3) is 3.45. The zero-order valence-corrected chi connectivity index (χ0v) is 17.1. The van der Waals surface area contributed by atoms with E-state index in [0.717, 1.165) is 11.3 Å². The van der Waals surface area contributed by atoms with Crippen molar-refractivity contribution in [3.8, 4) is 11.3 Å². The van der Waals surface area contributed by atoms with Crippen molar-refractivity contribution in [3.63, 3.8) is 0 Å². The molecule has 0 aliphatic carbocycles. The number of fused-ring (bicyclic) bond motifs is 1. The zero-order valence-electron chi connectivity index (χ0n) is 17.1. The Labute approximate surface area is 183 Å². The van der Waals surface area contributed by atoms with Crippen LogP contribution in [0.4, 0.5) is 0 Å². The first kappa shape index (κ1) is 19.4. The Balaban J connectivity index is 1.56. The molecule has 5 aromatic rings. The highest BCUT2D eigenvalue weighted by atomic mass is 16.1. The molecule has 0 aliphatic heterocycles. The molecule has 7 nitrogen and oxygen atoms in total. The fourth-order valence-corrected chi connectivity index (χ4v) is 3.53. The lowest BCUT2D eigenvalue weighted by Crippen LogP contribution is -2.06. The highest BCUT2D eigenvalue weighted by Gasteiger charge is 2.19. The van der Waals surface area contributed by atoms with E-state index in [9.17, 15) is 9.59 Å². The second kappa shape index (κ2) is 7.96. The van der Waals surface area contributed by atoms with E-state index in [1.165, 1.54) is 6.20 Å². The highest BCUT2D eigenvalue weighted by molar-refractivity contribution is 6.11. The molecule has 0 radical (unpaired) electrons. The quantitative estimate of drug-likeness (QED) is 0.401. The third-order valence-electron chi connectivity index (χ3n) is 5.09. The van der Waals surface area contributed by atoms with Gasteiger partial charge in [-0.25, -0.2) is 14.5 Å². The number of nitrogens with zero attached hydrogens (tertiary/aromatic N) is 5. The third-order valence-corrected chi connectivity index (χ3v) is 5.09. The Bertz CT molecular complexity index is 1470. The first-order valence-corrected chi connectivity index (χ1v) is 9.99. The monoisotopic (exact) mass is 419 g/mol. The van der Waals surface area contributed by atoms with E-state index in [0.29, 0.717) is 33.9 Å². The molecule has 0 bridgehead atoms. The minimum atomic E-state index is -0.247. The number of hydrogen-bond donors (Lipinski definition) is 0. The summed E-state index contributed by atoms with van der Waals surface area (Å²) in [5.74, 6) is -0.414. The van der Waals surface area contributed by atoms with E-state index in [2.05, 4.69) is 20.1 Å². The minimum absolute atomic E-state index is 0.167. The van der Waals surface area contributed by atoms with Gasteiger partial charge in [-0.3, -0.25) is 14.6 Å². The first-order valence-electron chi connectivity index (χ1n) is 9.99. The lowest BCUT2D eigenvalue weighted by Gasteiger charge is -2.07. The molecule has 0 amide bonds. The van der Waals surface area contributed by atoms with Gasteiger partial charge in [-0.1, -0.05) is 36.4 Å². The fraction of sp³-hybridized carbons (Fsp3) is 0.0400. The van der Waals surface area contributed by atoms with E-state index in [4.69, 9.17) is 0 Å². The van der Waals surface area contributed by atoms with Crippen LogP contribution in [0.1, 0.15) is 37.8 Å². The molecule has 0 fully saturated rings. The number of benzene rings is 1. The van der Waals surface area contributed by atoms with Crippen molar-refractivity contribution < 1.29 is 9.59 Å². The number of pyridine rings is 2. The smallest absolute Gasteiger partial charge is 0.216 e. The Morgan fingerprint density at radius 1 is 0.812 bits per heavy atom. The van der Waals surface area contributed by atoms with E-state index in [1.54, 1.807) is 59.4 Å². The van der Waals surface area contributed by atoms with Crippen LogP contribution in [-0.2, 0) is 0 Å². The summed E-state index contributed by atoms with van der Waals surface area (Å²) in [5, 5.41) is 4.40. The second-order valence-electron chi connectivity index (χ2n) is 7.24. The molecule has 7 heteroatoms. The van der Waals surface area contributed by atoms with Crippen molar-refractivity contribution in [1.29, 1.82) is 0 Å². The normalized spacial score (nSPS) is 10.9. The summed E-state index contributed by atoms with van der Waals surface area (Å²) in [6.45, 7) is 1.83. The molecule has 0 unspecified atom stereocenters. The van der Waals surface area contributed by atoms with Crippen LogP contribution >= 0.6 is 0 Å². The van der Waals surface area contributed by atoms with Crippen molar-refractivity contribution in [2.75, 3.05) is 0 Å². The Kier molecular flexibility index (Phi) is 4.84. The van der Waals surface area contributed by atoms with E-state index < -0.39 is 0 Å². The average Bonchev–Trinajstić information content (AvgIpc) is 3.28. The minimum Gasteiger partial charge on any atom is -0.287 e. The molecule has 0 N–H and O–H groups in total. The van der Waals surface area contributed by atoms with Gasteiger partial charge in [-0.15, -0.1) is 0 Å². The summed E-state index contributed by atoms with van der Waals surface area (Å²) >= 11 is 0. The van der Waals surface area contributed by atoms with Gasteiger partial charge in [0.2, 0.25) is 11.6 Å². The fourth-order valence-electron chi connectivity index (χ4n) is 3.53. The van der Waals surface area contributed by atoms with Crippen molar-refractivity contribution >= 4 is 17.2 Å². The van der Waals surface area contributed by atoms with Crippen LogP contribution in [0.2, 0.25) is 0 Å². The summed E-state index contributed by atoms with van der Waals surface area (Å²) in [6, 6.07) is 19.6. The van der Waals surface area contributed by atoms with Crippen molar-refractivity contribution in [1.82, 2.24) is 24.6 Å². The summed E-state index contributed by atoms with van der Waals surface area (Å²) in [7, 11) is 0. The second-order valence-corrected chi connectivity index (χ2v) is 7.24. The standard InChI is InChI=1S/C25H17N5O2/c1-16-6-5-9-20(29-16)24(32)19-15-28-30-22(11-13-27-25(19)30)18-10-12-26-21(14-18)23(31)17-7-3-2-4-8-17/h2-15H,1H3. The summed E-state index contributed by atoms with van der Waals surface area (Å²) in [5.41, 5.74) is 4.20. The van der Waals surface area contributed by atoms with Crippen LogP contribution in [0.5, 0.6) is 0 Å². The van der Waals surface area contributed by atoms with Crippen LogP contribution in [0.3, 0.4) is 0 Å². The number of ketones is 2. The van der Waals surface area contributed by atoms with Gasteiger partial charge in [-0.05, 0) is 37.3 Å². The Morgan fingerprint density at radius 2 is 1.62 bits per heavy atom. The molecule has 0 saturated heterocycles. The van der Waals surface area contributed by atoms with Gasteiger partial charge in [0.15, 0.2) is 5.65 Å². The number of carbonyl (C=O) groups excluding carboxylic acids is 2. The summed E-state index contributed by atoms with van der Waals surface area (Å²) in [6.07, 6.45) is 4.70. The molecule has 0 atom stereocenters. The average molecular weight is 419 g/mol. The SMILES string of the molecule is Cc1cccc(C(=O)c2cnn3c(-c4ccnc(C(=O)c5ccccc5)c4)ccnc23)n1. The van der Waals surface area contributed by atoms with E-state index >= 15 is 0 Å². The molecule has 1 aromatic carbocycles. The van der Waals surface area contributed by atoms with Crippen LogP contribution in [0.15, 0.2) is 85.3 Å². The lowest BCUT2D eigenvalue weighted by atomic mass is 10.1. The van der Waals surface area contributed by atoms with Crippen LogP contribution in [0.25, 0.3) is 16.9 Å². The lowest BCUT2D eigenvalue weighted by molar-refractivity contribution is 0.102. The molecule has 4 aromatic heterocycles. The summed E-state index contributed by atoms with van der Waals surface area (Å²) < 4.78 is 1.59. The first-order chi connectivity index (χ1) is 15.6. The van der Waals surface area contributed by atoms with Gasteiger partial charge in [0.1, 0.15) is 11.4 Å². The zero-order chi connectivity index (χ0) is 22.1. The highest BCUT2D eigenvalue weighted by Crippen LogP contribution is 2.23. The van der Waals surface area contributed by atoms with Gasteiger partial charge in [0, 0.05) is 29.2 Å². The van der Waals surface area contributed by atoms with Gasteiger partial charge < -0.3 is 0 Å². The molecular formula is C25H17N5O2. The summed E-state index contributed by atoms with van der Waals surface area (Å²) in [4.78, 5) is 38.8. The molecule has 0 spiro atoms. The number of rotatable bonds is 5. The molecule has 4 heterocycles. The maximum Gasteiger partial charge on any atom is 0.216 e. The van der Waals surface area contributed by atoms with Crippen molar-refractivity contribution in [3.05, 3.63) is 114 Å². The molecule has 154 valence electrons. The predicted octanol–water partition coefficient (Wildman–Crippen LogP) is 3.96. The predicted molar refractivity (Wildman–Crippen MR) is 118 cm³/mol. The van der Waals surface area contributed by atoms with Crippen LogP contribution in [0, 0.1) is 6.92 Å². The van der Waals surface area contributed by atoms with Crippen LogP contribution < -0.4 is 0 Å². The molecule has 0 aliphatic rings. The van der Waals surface area contributed by atoms with Crippen molar-refractivity contribution in [2.45, 2.75) is 6.92 Å². The van der Waals surface area contributed by atoms with Gasteiger partial charge in [0.05, 0.1) is 17.5 Å². The number of hydrogen-bond acceptors (Lipinski definition) is 6. The number of carbonyl (C=O) groups is 2.